The summed E-state index contributed by atoms with van der Waals surface area (Å²) in [4.78, 5) is 26.9. The Kier molecular flexibility index (Phi) is 5.85. The van der Waals surface area contributed by atoms with Crippen LogP contribution in [0.15, 0.2) is 52.2 Å². The normalized spacial score (nSPS) is 22.0. The third kappa shape index (κ3) is 4.09. The maximum atomic E-state index is 13.2. The zero-order chi connectivity index (χ0) is 21.1. The van der Waals surface area contributed by atoms with Crippen molar-refractivity contribution < 1.29 is 18.7 Å². The average Bonchev–Trinajstić information content (AvgIpc) is 3.44. The Morgan fingerprint density at radius 1 is 1.23 bits per heavy atom. The molecule has 2 aromatic rings. The third-order valence-electron chi connectivity index (χ3n) is 5.74. The minimum absolute atomic E-state index is 0.101. The highest BCUT2D eigenvalue weighted by molar-refractivity contribution is 6.03. The molecule has 3 heterocycles. The van der Waals surface area contributed by atoms with Gasteiger partial charge in [-0.05, 0) is 61.3 Å². The van der Waals surface area contributed by atoms with Gasteiger partial charge < -0.3 is 14.9 Å². The molecule has 0 radical (unpaired) electrons. The number of carbonyl (C=O) groups excluding carboxylic acids is 2. The van der Waals surface area contributed by atoms with Crippen LogP contribution in [0.5, 0.6) is 5.75 Å². The molecule has 2 aliphatic rings. The number of amides is 2. The number of hydrazone groups is 1. The largest absolute Gasteiger partial charge is 0.497 e. The monoisotopic (exact) mass is 410 g/mol. The molecule has 158 valence electrons. The second-order valence-electron chi connectivity index (χ2n) is 7.63. The molecule has 2 atom stereocenters. The van der Waals surface area contributed by atoms with Crippen LogP contribution in [0, 0.1) is 0 Å². The lowest BCUT2D eigenvalue weighted by Gasteiger charge is -2.34. The van der Waals surface area contributed by atoms with Crippen molar-refractivity contribution in [1.82, 2.24) is 9.91 Å². The van der Waals surface area contributed by atoms with E-state index in [0.29, 0.717) is 25.1 Å². The number of hydrogen-bond acceptors (Lipinski definition) is 6. The first-order valence-corrected chi connectivity index (χ1v) is 10.2. The van der Waals surface area contributed by atoms with Gasteiger partial charge in [0.25, 0.3) is 5.91 Å². The fourth-order valence-corrected chi connectivity index (χ4v) is 4.15. The first-order chi connectivity index (χ1) is 14.6. The number of hydrogen-bond donors (Lipinski definition) is 1. The SMILES string of the molecule is COc1ccc(C2=NN(C(=O)CN3CCCCC3C(N)=O)C(c3ccco3)C2)cc1. The Hall–Kier alpha value is -3.13. The molecule has 8 nitrogen and oxygen atoms in total. The number of furan rings is 1. The van der Waals surface area contributed by atoms with Gasteiger partial charge in [-0.25, -0.2) is 5.01 Å². The second-order valence-corrected chi connectivity index (χ2v) is 7.63. The van der Waals surface area contributed by atoms with Crippen LogP contribution in [0.2, 0.25) is 0 Å². The Bertz CT molecular complexity index is 923. The summed E-state index contributed by atoms with van der Waals surface area (Å²) in [6.45, 7) is 0.776. The smallest absolute Gasteiger partial charge is 0.257 e. The fraction of sp³-hybridized carbons (Fsp3) is 0.409. The molecule has 1 fully saturated rings. The van der Waals surface area contributed by atoms with Crippen LogP contribution in [0.25, 0.3) is 0 Å². The van der Waals surface area contributed by atoms with Gasteiger partial charge in [0.05, 0.1) is 31.7 Å². The molecule has 1 aromatic heterocycles. The molecule has 0 spiro atoms. The van der Waals surface area contributed by atoms with E-state index in [2.05, 4.69) is 5.10 Å². The number of methoxy groups -OCH3 is 1. The van der Waals surface area contributed by atoms with E-state index >= 15 is 0 Å². The van der Waals surface area contributed by atoms with Crippen molar-refractivity contribution in [1.29, 1.82) is 0 Å². The van der Waals surface area contributed by atoms with Crippen molar-refractivity contribution >= 4 is 17.5 Å². The van der Waals surface area contributed by atoms with E-state index in [1.165, 1.54) is 5.01 Å². The molecule has 0 saturated carbocycles. The Morgan fingerprint density at radius 3 is 2.70 bits per heavy atom. The second kappa shape index (κ2) is 8.71. The fourth-order valence-electron chi connectivity index (χ4n) is 4.15. The van der Waals surface area contributed by atoms with Crippen LogP contribution in [-0.2, 0) is 9.59 Å². The number of piperidine rings is 1. The number of benzene rings is 1. The molecule has 1 saturated heterocycles. The van der Waals surface area contributed by atoms with E-state index in [9.17, 15) is 9.59 Å². The summed E-state index contributed by atoms with van der Waals surface area (Å²) in [5.41, 5.74) is 7.28. The number of nitrogens with zero attached hydrogens (tertiary/aromatic N) is 3. The van der Waals surface area contributed by atoms with E-state index in [1.54, 1.807) is 19.4 Å². The van der Waals surface area contributed by atoms with Gasteiger partial charge in [0, 0.05) is 6.42 Å². The van der Waals surface area contributed by atoms with Gasteiger partial charge in [0.1, 0.15) is 17.6 Å². The molecule has 2 amide bonds. The predicted molar refractivity (Wildman–Crippen MR) is 111 cm³/mol. The van der Waals surface area contributed by atoms with Crippen LogP contribution >= 0.6 is 0 Å². The van der Waals surface area contributed by atoms with E-state index < -0.39 is 6.04 Å². The molecule has 4 rings (SSSR count). The lowest BCUT2D eigenvalue weighted by molar-refractivity contribution is -0.137. The summed E-state index contributed by atoms with van der Waals surface area (Å²) in [5, 5.41) is 6.13. The quantitative estimate of drug-likeness (QED) is 0.787. The zero-order valence-corrected chi connectivity index (χ0v) is 17.0. The van der Waals surface area contributed by atoms with Crippen molar-refractivity contribution in [3.63, 3.8) is 0 Å². The summed E-state index contributed by atoms with van der Waals surface area (Å²) in [7, 11) is 1.62. The van der Waals surface area contributed by atoms with Crippen molar-refractivity contribution in [2.45, 2.75) is 37.8 Å². The van der Waals surface area contributed by atoms with Gasteiger partial charge in [0.2, 0.25) is 5.91 Å². The average molecular weight is 410 g/mol. The van der Waals surface area contributed by atoms with E-state index in [4.69, 9.17) is 14.9 Å². The summed E-state index contributed by atoms with van der Waals surface area (Å²) in [6, 6.07) is 10.5. The number of likely N-dealkylation sites (tertiary alicyclic amines) is 1. The van der Waals surface area contributed by atoms with Gasteiger partial charge in [-0.15, -0.1) is 0 Å². The lowest BCUT2D eigenvalue weighted by atomic mass is 10.0. The van der Waals surface area contributed by atoms with Crippen molar-refractivity contribution in [2.24, 2.45) is 10.8 Å². The highest BCUT2D eigenvalue weighted by Crippen LogP contribution is 2.33. The Morgan fingerprint density at radius 2 is 2.03 bits per heavy atom. The van der Waals surface area contributed by atoms with Gasteiger partial charge in [-0.3, -0.25) is 14.5 Å². The van der Waals surface area contributed by atoms with E-state index in [1.807, 2.05) is 35.2 Å². The molecule has 0 bridgehead atoms. The summed E-state index contributed by atoms with van der Waals surface area (Å²) in [5.74, 6) is 0.887. The maximum absolute atomic E-state index is 13.2. The van der Waals surface area contributed by atoms with Crippen molar-refractivity contribution in [3.05, 3.63) is 54.0 Å². The molecule has 1 aromatic carbocycles. The van der Waals surface area contributed by atoms with Crippen LogP contribution < -0.4 is 10.5 Å². The van der Waals surface area contributed by atoms with Gasteiger partial charge in [-0.1, -0.05) is 6.42 Å². The van der Waals surface area contributed by atoms with Gasteiger partial charge in [0.15, 0.2) is 0 Å². The van der Waals surface area contributed by atoms with Gasteiger partial charge in [-0.2, -0.15) is 5.10 Å². The first kappa shape index (κ1) is 20.2. The molecular formula is C22H26N4O4. The third-order valence-corrected chi connectivity index (χ3v) is 5.74. The first-order valence-electron chi connectivity index (χ1n) is 10.2. The highest BCUT2D eigenvalue weighted by Gasteiger charge is 2.37. The zero-order valence-electron chi connectivity index (χ0n) is 17.0. The molecule has 2 aliphatic heterocycles. The molecule has 2 unspecified atom stereocenters. The predicted octanol–water partition coefficient (Wildman–Crippen LogP) is 2.31. The van der Waals surface area contributed by atoms with Crippen LogP contribution in [-0.4, -0.2) is 53.7 Å². The minimum Gasteiger partial charge on any atom is -0.497 e. The lowest BCUT2D eigenvalue weighted by Crippen LogP contribution is -2.51. The maximum Gasteiger partial charge on any atom is 0.257 e. The number of rotatable bonds is 6. The number of ether oxygens (including phenoxy) is 1. The topological polar surface area (TPSA) is 101 Å². The van der Waals surface area contributed by atoms with Gasteiger partial charge >= 0.3 is 0 Å². The highest BCUT2D eigenvalue weighted by atomic mass is 16.5. The van der Waals surface area contributed by atoms with Crippen LogP contribution in [0.1, 0.15) is 43.0 Å². The molecule has 2 N–H and O–H groups in total. The number of nitrogens with two attached hydrogens (primary N) is 1. The molecule has 30 heavy (non-hydrogen) atoms. The van der Waals surface area contributed by atoms with Crippen LogP contribution in [0.4, 0.5) is 0 Å². The van der Waals surface area contributed by atoms with E-state index in [0.717, 1.165) is 29.9 Å². The summed E-state index contributed by atoms with van der Waals surface area (Å²) >= 11 is 0. The Balaban J connectivity index is 1.57. The summed E-state index contributed by atoms with van der Waals surface area (Å²) < 4.78 is 10.8. The molecule has 8 heteroatoms. The molecular weight excluding hydrogens is 384 g/mol. The minimum atomic E-state index is -0.405. The Labute approximate surface area is 175 Å². The number of primary amides is 1. The van der Waals surface area contributed by atoms with E-state index in [-0.39, 0.29) is 24.4 Å². The van der Waals surface area contributed by atoms with Crippen LogP contribution in [0.3, 0.4) is 0 Å². The number of carbonyl (C=O) groups is 2. The van der Waals surface area contributed by atoms with Crippen molar-refractivity contribution in [3.8, 4) is 5.75 Å². The summed E-state index contributed by atoms with van der Waals surface area (Å²) in [6.07, 6.45) is 4.71. The van der Waals surface area contributed by atoms with Crippen molar-refractivity contribution in [2.75, 3.05) is 20.2 Å². The molecule has 0 aliphatic carbocycles. The standard InChI is InChI=1S/C22H26N4O4/c1-29-16-9-7-15(8-10-16)17-13-19(20-6-4-12-30-20)26(24-17)21(27)14-25-11-3-2-5-18(25)22(23)28/h4,6-10,12,18-19H,2-3,5,11,13-14H2,1H3,(H2,23,28).